The molecule has 2 aromatic rings. The Bertz CT molecular complexity index is 605. The number of para-hydroxylation sites is 1. The van der Waals surface area contributed by atoms with Gasteiger partial charge in [0.05, 0.1) is 13.2 Å². The van der Waals surface area contributed by atoms with E-state index in [1.54, 1.807) is 7.11 Å². The SMILES string of the molecule is COCc1c(CNC(C)C)oc2c(C(C)(C)C)cccc12. The molecule has 0 aliphatic rings. The van der Waals surface area contributed by atoms with Crippen LogP contribution < -0.4 is 5.32 Å². The van der Waals surface area contributed by atoms with E-state index in [1.807, 2.05) is 0 Å². The molecule has 0 saturated carbocycles. The normalized spacial score (nSPS) is 12.5. The fourth-order valence-corrected chi connectivity index (χ4v) is 2.55. The van der Waals surface area contributed by atoms with Crippen LogP contribution in [0.2, 0.25) is 0 Å². The lowest BCUT2D eigenvalue weighted by molar-refractivity contribution is 0.183. The van der Waals surface area contributed by atoms with E-state index in [9.17, 15) is 0 Å². The molecule has 0 atom stereocenters. The molecule has 0 radical (unpaired) electrons. The van der Waals surface area contributed by atoms with Gasteiger partial charge in [0.1, 0.15) is 11.3 Å². The number of benzene rings is 1. The van der Waals surface area contributed by atoms with E-state index in [1.165, 1.54) is 10.9 Å². The quantitative estimate of drug-likeness (QED) is 0.887. The number of fused-ring (bicyclic) bond motifs is 1. The van der Waals surface area contributed by atoms with Crippen LogP contribution in [0.3, 0.4) is 0 Å². The van der Waals surface area contributed by atoms with Crippen molar-refractivity contribution < 1.29 is 9.15 Å². The molecule has 1 heterocycles. The predicted molar refractivity (Wildman–Crippen MR) is 87.6 cm³/mol. The Balaban J connectivity index is 2.55. The molecule has 0 amide bonds. The molecule has 1 aromatic carbocycles. The Morgan fingerprint density at radius 1 is 1.24 bits per heavy atom. The van der Waals surface area contributed by atoms with Crippen LogP contribution in [0.1, 0.15) is 51.5 Å². The molecular weight excluding hydrogens is 262 g/mol. The summed E-state index contributed by atoms with van der Waals surface area (Å²) in [6.07, 6.45) is 0. The summed E-state index contributed by atoms with van der Waals surface area (Å²) in [6.45, 7) is 12.2. The lowest BCUT2D eigenvalue weighted by atomic mass is 9.86. The minimum atomic E-state index is 0.0600. The van der Waals surface area contributed by atoms with E-state index in [0.717, 1.165) is 23.5 Å². The van der Waals surface area contributed by atoms with Crippen LogP contribution >= 0.6 is 0 Å². The number of methoxy groups -OCH3 is 1. The van der Waals surface area contributed by atoms with Gasteiger partial charge in [-0.15, -0.1) is 0 Å². The number of furan rings is 1. The van der Waals surface area contributed by atoms with Crippen molar-refractivity contribution in [2.24, 2.45) is 0 Å². The van der Waals surface area contributed by atoms with Crippen molar-refractivity contribution in [2.75, 3.05) is 7.11 Å². The fourth-order valence-electron chi connectivity index (χ4n) is 2.55. The number of rotatable bonds is 5. The number of hydrogen-bond acceptors (Lipinski definition) is 3. The molecule has 0 bridgehead atoms. The van der Waals surface area contributed by atoms with Gasteiger partial charge in [-0.05, 0) is 5.41 Å². The highest BCUT2D eigenvalue weighted by molar-refractivity contribution is 5.85. The van der Waals surface area contributed by atoms with Crippen molar-refractivity contribution >= 4 is 11.0 Å². The first-order valence-electron chi connectivity index (χ1n) is 7.60. The molecule has 0 spiro atoms. The summed E-state index contributed by atoms with van der Waals surface area (Å²) in [6, 6.07) is 6.82. The molecule has 116 valence electrons. The molecule has 1 N–H and O–H groups in total. The van der Waals surface area contributed by atoms with Gasteiger partial charge in [0, 0.05) is 29.7 Å². The van der Waals surface area contributed by atoms with Crippen LogP contribution in [0.25, 0.3) is 11.0 Å². The maximum atomic E-state index is 6.22. The Hall–Kier alpha value is -1.32. The summed E-state index contributed by atoms with van der Waals surface area (Å²) in [5.41, 5.74) is 3.46. The van der Waals surface area contributed by atoms with Gasteiger partial charge in [0.25, 0.3) is 0 Å². The number of ether oxygens (including phenoxy) is 1. The molecule has 0 fully saturated rings. The average Bonchev–Trinajstić information content (AvgIpc) is 2.74. The van der Waals surface area contributed by atoms with E-state index in [-0.39, 0.29) is 5.41 Å². The maximum Gasteiger partial charge on any atom is 0.138 e. The van der Waals surface area contributed by atoms with Crippen molar-refractivity contribution in [1.82, 2.24) is 5.32 Å². The van der Waals surface area contributed by atoms with Gasteiger partial charge in [-0.1, -0.05) is 52.8 Å². The smallest absolute Gasteiger partial charge is 0.138 e. The van der Waals surface area contributed by atoms with E-state index in [2.05, 4.69) is 58.1 Å². The maximum absolute atomic E-state index is 6.22. The first-order valence-corrected chi connectivity index (χ1v) is 7.60. The Kier molecular flexibility index (Phi) is 4.74. The molecule has 3 nitrogen and oxygen atoms in total. The van der Waals surface area contributed by atoms with Crippen molar-refractivity contribution in [3.05, 3.63) is 35.1 Å². The Morgan fingerprint density at radius 3 is 2.52 bits per heavy atom. The fraction of sp³-hybridized carbons (Fsp3) is 0.556. The van der Waals surface area contributed by atoms with E-state index in [0.29, 0.717) is 12.6 Å². The Labute approximate surface area is 127 Å². The first kappa shape index (κ1) is 16.1. The lowest BCUT2D eigenvalue weighted by Gasteiger charge is -2.18. The zero-order chi connectivity index (χ0) is 15.6. The highest BCUT2D eigenvalue weighted by atomic mass is 16.5. The molecule has 1 aromatic heterocycles. The van der Waals surface area contributed by atoms with Gasteiger partial charge in [0.15, 0.2) is 0 Å². The topological polar surface area (TPSA) is 34.4 Å². The largest absolute Gasteiger partial charge is 0.459 e. The summed E-state index contributed by atoms with van der Waals surface area (Å²) in [5, 5.41) is 4.60. The molecule has 21 heavy (non-hydrogen) atoms. The zero-order valence-electron chi connectivity index (χ0n) is 14.0. The molecule has 0 aliphatic heterocycles. The standard InChI is InChI=1S/C18H27NO2/c1-12(2)19-10-16-14(11-20-6)13-8-7-9-15(17(13)21-16)18(3,4)5/h7-9,12,19H,10-11H2,1-6H3. The second-order valence-electron chi connectivity index (χ2n) is 6.90. The summed E-state index contributed by atoms with van der Waals surface area (Å²) in [7, 11) is 1.73. The van der Waals surface area contributed by atoms with E-state index < -0.39 is 0 Å². The van der Waals surface area contributed by atoms with Crippen molar-refractivity contribution in [3.63, 3.8) is 0 Å². The van der Waals surface area contributed by atoms with Gasteiger partial charge in [0.2, 0.25) is 0 Å². The lowest BCUT2D eigenvalue weighted by Crippen LogP contribution is -2.22. The highest BCUT2D eigenvalue weighted by Gasteiger charge is 2.22. The molecule has 2 rings (SSSR count). The van der Waals surface area contributed by atoms with Gasteiger partial charge >= 0.3 is 0 Å². The van der Waals surface area contributed by atoms with Crippen LogP contribution in [0.15, 0.2) is 22.6 Å². The third-order valence-corrected chi connectivity index (χ3v) is 3.67. The van der Waals surface area contributed by atoms with Gasteiger partial charge in [-0.3, -0.25) is 0 Å². The van der Waals surface area contributed by atoms with Crippen LogP contribution in [0, 0.1) is 0 Å². The first-order chi connectivity index (χ1) is 9.84. The molecular formula is C18H27NO2. The molecule has 3 heteroatoms. The van der Waals surface area contributed by atoms with Gasteiger partial charge < -0.3 is 14.5 Å². The van der Waals surface area contributed by atoms with Crippen LogP contribution in [-0.4, -0.2) is 13.2 Å². The summed E-state index contributed by atoms with van der Waals surface area (Å²) in [4.78, 5) is 0. The minimum Gasteiger partial charge on any atom is -0.459 e. The second-order valence-corrected chi connectivity index (χ2v) is 6.90. The zero-order valence-corrected chi connectivity index (χ0v) is 14.0. The highest BCUT2D eigenvalue weighted by Crippen LogP contribution is 2.35. The van der Waals surface area contributed by atoms with Crippen LogP contribution in [0.5, 0.6) is 0 Å². The Morgan fingerprint density at radius 2 is 1.95 bits per heavy atom. The van der Waals surface area contributed by atoms with Gasteiger partial charge in [-0.25, -0.2) is 0 Å². The van der Waals surface area contributed by atoms with E-state index >= 15 is 0 Å². The predicted octanol–water partition coefficient (Wildman–Crippen LogP) is 4.37. The van der Waals surface area contributed by atoms with Gasteiger partial charge in [-0.2, -0.15) is 0 Å². The molecule has 0 unspecified atom stereocenters. The van der Waals surface area contributed by atoms with Crippen LogP contribution in [0.4, 0.5) is 0 Å². The van der Waals surface area contributed by atoms with Crippen molar-refractivity contribution in [2.45, 2.75) is 59.2 Å². The van der Waals surface area contributed by atoms with E-state index in [4.69, 9.17) is 9.15 Å². The average molecular weight is 289 g/mol. The number of nitrogens with one attached hydrogen (secondary N) is 1. The second kappa shape index (κ2) is 6.20. The third-order valence-electron chi connectivity index (χ3n) is 3.67. The minimum absolute atomic E-state index is 0.0600. The van der Waals surface area contributed by atoms with Crippen molar-refractivity contribution in [3.8, 4) is 0 Å². The summed E-state index contributed by atoms with van der Waals surface area (Å²) < 4.78 is 11.6. The monoisotopic (exact) mass is 289 g/mol. The van der Waals surface area contributed by atoms with Crippen molar-refractivity contribution in [1.29, 1.82) is 0 Å². The molecule has 0 saturated heterocycles. The summed E-state index contributed by atoms with van der Waals surface area (Å²) >= 11 is 0. The van der Waals surface area contributed by atoms with Crippen LogP contribution in [-0.2, 0) is 23.3 Å². The number of hydrogen-bond donors (Lipinski definition) is 1. The molecule has 0 aliphatic carbocycles. The summed E-state index contributed by atoms with van der Waals surface area (Å²) in [5.74, 6) is 0.984. The third kappa shape index (κ3) is 3.47.